The second kappa shape index (κ2) is 3.31. The fraction of sp³-hybridized carbons (Fsp3) is 0.333. The standard InChI is InChI=1S/C9H10N2O2/c1-4-9(2,3)11-8(12)7-5-10-6-13-7/h1,5-6H,2-3H3,(H,11,12). The minimum atomic E-state index is -0.677. The van der Waals surface area contributed by atoms with Crippen LogP contribution in [-0.2, 0) is 0 Å². The molecule has 0 bridgehead atoms. The van der Waals surface area contributed by atoms with Crippen LogP contribution in [0.15, 0.2) is 17.0 Å². The number of hydrogen-bond donors (Lipinski definition) is 1. The van der Waals surface area contributed by atoms with E-state index < -0.39 is 5.54 Å². The highest BCUT2D eigenvalue weighted by Crippen LogP contribution is 2.03. The van der Waals surface area contributed by atoms with Crippen molar-refractivity contribution in [2.75, 3.05) is 0 Å². The van der Waals surface area contributed by atoms with Crippen molar-refractivity contribution in [1.29, 1.82) is 0 Å². The van der Waals surface area contributed by atoms with Crippen LogP contribution in [0.25, 0.3) is 0 Å². The average molecular weight is 178 g/mol. The average Bonchev–Trinajstić information content (AvgIpc) is 2.55. The van der Waals surface area contributed by atoms with E-state index in [0.29, 0.717) is 0 Å². The number of carbonyl (C=O) groups is 1. The van der Waals surface area contributed by atoms with Crippen LogP contribution < -0.4 is 5.32 Å². The Kier molecular flexibility index (Phi) is 2.38. The number of amides is 1. The molecule has 0 saturated carbocycles. The first-order valence-corrected chi connectivity index (χ1v) is 3.74. The van der Waals surface area contributed by atoms with Gasteiger partial charge in [-0.1, -0.05) is 5.92 Å². The van der Waals surface area contributed by atoms with Crippen molar-refractivity contribution in [2.24, 2.45) is 0 Å². The second-order valence-corrected chi connectivity index (χ2v) is 3.09. The molecule has 1 rings (SSSR count). The van der Waals surface area contributed by atoms with Crippen LogP contribution in [-0.4, -0.2) is 16.4 Å². The number of nitrogens with one attached hydrogen (secondary N) is 1. The molecule has 0 radical (unpaired) electrons. The predicted octanol–water partition coefficient (Wildman–Crippen LogP) is 0.816. The molecule has 0 saturated heterocycles. The Morgan fingerprint density at radius 1 is 1.77 bits per heavy atom. The van der Waals surface area contributed by atoms with Gasteiger partial charge < -0.3 is 9.73 Å². The van der Waals surface area contributed by atoms with Crippen molar-refractivity contribution in [3.05, 3.63) is 18.4 Å². The lowest BCUT2D eigenvalue weighted by Gasteiger charge is -2.18. The molecule has 0 spiro atoms. The molecule has 1 aromatic rings. The van der Waals surface area contributed by atoms with Gasteiger partial charge in [0.1, 0.15) is 0 Å². The lowest BCUT2D eigenvalue weighted by Crippen LogP contribution is -2.41. The van der Waals surface area contributed by atoms with E-state index >= 15 is 0 Å². The van der Waals surface area contributed by atoms with Gasteiger partial charge in [0.2, 0.25) is 5.76 Å². The number of terminal acetylenes is 1. The maximum Gasteiger partial charge on any atom is 0.289 e. The van der Waals surface area contributed by atoms with E-state index in [1.807, 2.05) is 0 Å². The Morgan fingerprint density at radius 3 is 2.92 bits per heavy atom. The molecule has 0 aromatic carbocycles. The third-order valence-corrected chi connectivity index (χ3v) is 1.44. The van der Waals surface area contributed by atoms with Gasteiger partial charge in [-0.15, -0.1) is 6.42 Å². The summed E-state index contributed by atoms with van der Waals surface area (Å²) in [5, 5.41) is 2.60. The molecular weight excluding hydrogens is 168 g/mol. The molecule has 1 amide bonds. The highest BCUT2D eigenvalue weighted by atomic mass is 16.3. The second-order valence-electron chi connectivity index (χ2n) is 3.09. The first-order valence-electron chi connectivity index (χ1n) is 3.74. The van der Waals surface area contributed by atoms with Crippen LogP contribution in [0.4, 0.5) is 0 Å². The van der Waals surface area contributed by atoms with Gasteiger partial charge in [0.15, 0.2) is 6.39 Å². The molecule has 0 aliphatic rings. The normalized spacial score (nSPS) is 10.5. The van der Waals surface area contributed by atoms with Gasteiger partial charge in [-0.3, -0.25) is 4.79 Å². The van der Waals surface area contributed by atoms with Crippen molar-refractivity contribution in [2.45, 2.75) is 19.4 Å². The van der Waals surface area contributed by atoms with Crippen molar-refractivity contribution in [3.63, 3.8) is 0 Å². The highest BCUT2D eigenvalue weighted by Gasteiger charge is 2.19. The highest BCUT2D eigenvalue weighted by molar-refractivity contribution is 5.91. The first-order chi connectivity index (χ1) is 6.05. The zero-order chi connectivity index (χ0) is 9.90. The van der Waals surface area contributed by atoms with Crippen LogP contribution in [0.3, 0.4) is 0 Å². The van der Waals surface area contributed by atoms with Gasteiger partial charge >= 0.3 is 0 Å². The molecule has 13 heavy (non-hydrogen) atoms. The number of rotatable bonds is 2. The quantitative estimate of drug-likeness (QED) is 0.682. The van der Waals surface area contributed by atoms with E-state index in [2.05, 4.69) is 16.2 Å². The van der Waals surface area contributed by atoms with Crippen LogP contribution in [0.1, 0.15) is 24.4 Å². The van der Waals surface area contributed by atoms with E-state index in [4.69, 9.17) is 10.8 Å². The Labute approximate surface area is 76.3 Å². The van der Waals surface area contributed by atoms with Crippen LogP contribution in [0.5, 0.6) is 0 Å². The van der Waals surface area contributed by atoms with Gasteiger partial charge in [-0.05, 0) is 13.8 Å². The summed E-state index contributed by atoms with van der Waals surface area (Å²) < 4.78 is 4.79. The zero-order valence-electron chi connectivity index (χ0n) is 7.50. The van der Waals surface area contributed by atoms with Crippen LogP contribution >= 0.6 is 0 Å². The largest absolute Gasteiger partial charge is 0.438 e. The summed E-state index contributed by atoms with van der Waals surface area (Å²) in [6.45, 7) is 3.45. The van der Waals surface area contributed by atoms with Crippen molar-refractivity contribution < 1.29 is 9.21 Å². The van der Waals surface area contributed by atoms with Crippen molar-refractivity contribution in [3.8, 4) is 12.3 Å². The molecule has 4 heteroatoms. The molecule has 4 nitrogen and oxygen atoms in total. The fourth-order valence-electron chi connectivity index (χ4n) is 0.709. The number of carbonyl (C=O) groups excluding carboxylic acids is 1. The van der Waals surface area contributed by atoms with E-state index in [0.717, 1.165) is 0 Å². The maximum atomic E-state index is 11.3. The summed E-state index contributed by atoms with van der Waals surface area (Å²) in [5.41, 5.74) is -0.677. The molecule has 0 atom stereocenters. The summed E-state index contributed by atoms with van der Waals surface area (Å²) in [4.78, 5) is 15.0. The maximum absolute atomic E-state index is 11.3. The molecule has 1 heterocycles. The van der Waals surface area contributed by atoms with E-state index in [9.17, 15) is 4.79 Å². The summed E-state index contributed by atoms with van der Waals surface area (Å²) in [6, 6.07) is 0. The topological polar surface area (TPSA) is 55.1 Å². The van der Waals surface area contributed by atoms with Gasteiger partial charge in [-0.2, -0.15) is 0 Å². The minimum absolute atomic E-state index is 0.156. The number of oxazole rings is 1. The van der Waals surface area contributed by atoms with Crippen molar-refractivity contribution in [1.82, 2.24) is 10.3 Å². The predicted molar refractivity (Wildman–Crippen MR) is 46.9 cm³/mol. The lowest BCUT2D eigenvalue weighted by molar-refractivity contribution is 0.0901. The first kappa shape index (κ1) is 9.33. The Balaban J connectivity index is 2.68. The zero-order valence-corrected chi connectivity index (χ0v) is 7.50. The van der Waals surface area contributed by atoms with Gasteiger partial charge in [-0.25, -0.2) is 4.98 Å². The van der Waals surface area contributed by atoms with Gasteiger partial charge in [0.25, 0.3) is 5.91 Å². The number of aromatic nitrogens is 1. The third kappa shape index (κ3) is 2.34. The van der Waals surface area contributed by atoms with E-state index in [-0.39, 0.29) is 11.7 Å². The summed E-state index contributed by atoms with van der Waals surface area (Å²) in [6.07, 6.45) is 7.72. The number of nitrogens with zero attached hydrogens (tertiary/aromatic N) is 1. The van der Waals surface area contributed by atoms with Crippen LogP contribution in [0.2, 0.25) is 0 Å². The molecule has 0 unspecified atom stereocenters. The van der Waals surface area contributed by atoms with Crippen molar-refractivity contribution >= 4 is 5.91 Å². The third-order valence-electron chi connectivity index (χ3n) is 1.44. The van der Waals surface area contributed by atoms with E-state index in [1.54, 1.807) is 13.8 Å². The Hall–Kier alpha value is -1.76. The molecular formula is C9H10N2O2. The molecule has 68 valence electrons. The SMILES string of the molecule is C#CC(C)(C)NC(=O)c1cnco1. The van der Waals surface area contributed by atoms with Gasteiger partial charge in [0.05, 0.1) is 11.7 Å². The fourth-order valence-corrected chi connectivity index (χ4v) is 0.709. The minimum Gasteiger partial charge on any atom is -0.438 e. The monoisotopic (exact) mass is 178 g/mol. The lowest BCUT2D eigenvalue weighted by atomic mass is 10.1. The molecule has 1 aromatic heterocycles. The summed E-state index contributed by atoms with van der Waals surface area (Å²) in [5.74, 6) is 2.24. The summed E-state index contributed by atoms with van der Waals surface area (Å²) in [7, 11) is 0. The van der Waals surface area contributed by atoms with Crippen LogP contribution in [0, 0.1) is 12.3 Å². The smallest absolute Gasteiger partial charge is 0.289 e. The molecule has 0 fully saturated rings. The Morgan fingerprint density at radius 2 is 2.46 bits per heavy atom. The molecule has 1 N–H and O–H groups in total. The van der Waals surface area contributed by atoms with Gasteiger partial charge in [0, 0.05) is 0 Å². The Bertz CT molecular complexity index is 333. The number of hydrogen-bond acceptors (Lipinski definition) is 3. The molecule has 0 aliphatic carbocycles. The molecule has 0 aliphatic heterocycles. The summed E-state index contributed by atoms with van der Waals surface area (Å²) >= 11 is 0. The van der Waals surface area contributed by atoms with E-state index in [1.165, 1.54) is 12.6 Å².